The molecule has 9 heteroatoms. The minimum absolute atomic E-state index is 0.0808. The molecular weight excluding hydrogens is 534 g/mol. The third-order valence-electron chi connectivity index (χ3n) is 7.13. The van der Waals surface area contributed by atoms with E-state index in [1.807, 2.05) is 6.07 Å². The van der Waals surface area contributed by atoms with Crippen LogP contribution in [0.3, 0.4) is 0 Å². The normalized spacial score (nSPS) is 17.9. The average molecular weight is 569 g/mol. The van der Waals surface area contributed by atoms with Gasteiger partial charge in [-0.2, -0.15) is 13.2 Å². The van der Waals surface area contributed by atoms with Crippen molar-refractivity contribution in [2.24, 2.45) is 5.92 Å². The van der Waals surface area contributed by atoms with Crippen molar-refractivity contribution in [3.05, 3.63) is 76.6 Å². The molecule has 1 aliphatic rings. The highest BCUT2D eigenvalue weighted by molar-refractivity contribution is 5.84. The van der Waals surface area contributed by atoms with Crippen molar-refractivity contribution >= 4 is 10.8 Å². The smallest absolute Gasteiger partial charge is 0.422 e. The predicted octanol–water partition coefficient (Wildman–Crippen LogP) is 9.01. The van der Waals surface area contributed by atoms with Crippen molar-refractivity contribution in [2.75, 3.05) is 19.8 Å². The molecule has 4 rings (SSSR count). The number of aryl methyl sites for hydroxylation is 2. The van der Waals surface area contributed by atoms with Crippen molar-refractivity contribution < 1.29 is 40.6 Å². The van der Waals surface area contributed by atoms with E-state index in [9.17, 15) is 22.0 Å². The minimum atomic E-state index is -4.72. The summed E-state index contributed by atoms with van der Waals surface area (Å²) < 4.78 is 96.8. The fraction of sp³-hybridized carbons (Fsp3) is 0.484. The zero-order chi connectivity index (χ0) is 28.7. The first kappa shape index (κ1) is 30.2. The number of unbranched alkanes of at least 4 members (excludes halogenated alkanes) is 4. The van der Waals surface area contributed by atoms with Crippen LogP contribution in [0.1, 0.15) is 68.4 Å². The molecule has 1 fully saturated rings. The van der Waals surface area contributed by atoms with E-state index < -0.39 is 42.3 Å². The lowest BCUT2D eigenvalue weighted by Gasteiger charge is -2.30. The van der Waals surface area contributed by atoms with Gasteiger partial charge in [-0.15, -0.1) is 0 Å². The van der Waals surface area contributed by atoms with Crippen LogP contribution in [0.2, 0.25) is 0 Å². The van der Waals surface area contributed by atoms with Gasteiger partial charge in [0.15, 0.2) is 30.3 Å². The summed E-state index contributed by atoms with van der Waals surface area (Å²) in [5, 5.41) is 1.07. The van der Waals surface area contributed by atoms with Crippen molar-refractivity contribution in [1.29, 1.82) is 0 Å². The fourth-order valence-electron chi connectivity index (χ4n) is 4.96. The highest BCUT2D eigenvalue weighted by Crippen LogP contribution is 2.32. The second-order valence-corrected chi connectivity index (χ2v) is 10.4. The largest absolute Gasteiger partial charge is 0.478 e. The lowest BCUT2D eigenvalue weighted by atomic mass is 9.98. The van der Waals surface area contributed by atoms with Gasteiger partial charge in [-0.1, -0.05) is 63.3 Å². The van der Waals surface area contributed by atoms with Crippen LogP contribution >= 0.6 is 0 Å². The molecule has 1 aliphatic heterocycles. The third kappa shape index (κ3) is 8.13. The molecule has 1 saturated heterocycles. The van der Waals surface area contributed by atoms with Crippen LogP contribution in [-0.2, 0) is 22.3 Å². The Balaban J connectivity index is 1.35. The van der Waals surface area contributed by atoms with Crippen molar-refractivity contribution in [2.45, 2.75) is 70.8 Å². The summed E-state index contributed by atoms with van der Waals surface area (Å²) in [5.41, 5.74) is 1.33. The zero-order valence-electron chi connectivity index (χ0n) is 22.5. The second-order valence-electron chi connectivity index (χ2n) is 10.4. The van der Waals surface area contributed by atoms with Gasteiger partial charge in [0.25, 0.3) is 0 Å². The molecule has 0 radical (unpaired) electrons. The molecule has 218 valence electrons. The van der Waals surface area contributed by atoms with Crippen LogP contribution in [-0.4, -0.2) is 26.0 Å². The third-order valence-corrected chi connectivity index (χ3v) is 7.13. The van der Waals surface area contributed by atoms with E-state index in [-0.39, 0.29) is 18.4 Å². The first-order chi connectivity index (χ1) is 19.1. The molecule has 0 spiro atoms. The second kappa shape index (κ2) is 13.7. The Labute approximate surface area is 230 Å². The van der Waals surface area contributed by atoms with Crippen LogP contribution in [0.5, 0.6) is 5.75 Å². The Morgan fingerprint density at radius 1 is 0.850 bits per heavy atom. The molecule has 0 bridgehead atoms. The number of ether oxygens (including phenoxy) is 3. The SMILES string of the molecule is CCCCCCCC1COC(c2ccc3c(F)c(CCc4cc(F)c(OCC(F)(F)F)c(F)c4)ccc3c2)OC1. The Hall–Kier alpha value is -2.78. The summed E-state index contributed by atoms with van der Waals surface area (Å²) in [6.45, 7) is 1.65. The van der Waals surface area contributed by atoms with Gasteiger partial charge >= 0.3 is 6.18 Å². The van der Waals surface area contributed by atoms with E-state index in [1.165, 1.54) is 32.1 Å². The highest BCUT2D eigenvalue weighted by atomic mass is 19.4. The number of alkyl halides is 3. The number of hydrogen-bond acceptors (Lipinski definition) is 3. The molecule has 1 heterocycles. The Morgan fingerprint density at radius 3 is 2.23 bits per heavy atom. The molecule has 3 nitrogen and oxygen atoms in total. The van der Waals surface area contributed by atoms with Gasteiger partial charge < -0.3 is 14.2 Å². The van der Waals surface area contributed by atoms with Gasteiger partial charge in [-0.25, -0.2) is 13.2 Å². The molecular formula is C31H34F6O3. The number of benzene rings is 3. The van der Waals surface area contributed by atoms with Gasteiger partial charge in [-0.05, 0) is 54.0 Å². The number of rotatable bonds is 12. The topological polar surface area (TPSA) is 27.7 Å². The van der Waals surface area contributed by atoms with Crippen LogP contribution in [0.15, 0.2) is 42.5 Å². The van der Waals surface area contributed by atoms with E-state index in [1.54, 1.807) is 24.3 Å². The standard InChI is InChI=1S/C31H34F6O3/c1-2-3-4-5-6-7-21-17-38-30(39-18-21)24-12-13-25-23(16-24)11-10-22(28(25)34)9-8-20-14-26(32)29(27(33)15-20)40-19-31(35,36)37/h10-16,21,30H,2-9,17-19H2,1H3. The summed E-state index contributed by atoms with van der Waals surface area (Å²) in [7, 11) is 0. The van der Waals surface area contributed by atoms with Gasteiger partial charge in [0.2, 0.25) is 0 Å². The van der Waals surface area contributed by atoms with Gasteiger partial charge in [-0.3, -0.25) is 0 Å². The van der Waals surface area contributed by atoms with E-state index in [0.29, 0.717) is 35.5 Å². The molecule has 0 amide bonds. The number of halogens is 6. The van der Waals surface area contributed by atoms with Crippen molar-refractivity contribution in [3.8, 4) is 5.75 Å². The average Bonchev–Trinajstić information content (AvgIpc) is 2.92. The highest BCUT2D eigenvalue weighted by Gasteiger charge is 2.30. The Bertz CT molecular complexity index is 1240. The van der Waals surface area contributed by atoms with E-state index in [4.69, 9.17) is 9.47 Å². The van der Waals surface area contributed by atoms with Gasteiger partial charge in [0.05, 0.1) is 13.2 Å². The Morgan fingerprint density at radius 2 is 1.55 bits per heavy atom. The van der Waals surface area contributed by atoms with E-state index >= 15 is 4.39 Å². The molecule has 0 atom stereocenters. The summed E-state index contributed by atoms with van der Waals surface area (Å²) in [6.07, 6.45) is 2.23. The fourth-order valence-corrected chi connectivity index (χ4v) is 4.96. The number of fused-ring (bicyclic) bond motifs is 1. The maximum absolute atomic E-state index is 15.3. The molecule has 0 N–H and O–H groups in total. The van der Waals surface area contributed by atoms with E-state index in [2.05, 4.69) is 11.7 Å². The van der Waals surface area contributed by atoms with Crippen LogP contribution in [0.25, 0.3) is 10.8 Å². The van der Waals surface area contributed by atoms with Crippen LogP contribution < -0.4 is 4.74 Å². The summed E-state index contributed by atoms with van der Waals surface area (Å²) in [5.74, 6) is -3.63. The Kier molecular flexibility index (Phi) is 10.4. The molecule has 3 aromatic carbocycles. The van der Waals surface area contributed by atoms with Crippen molar-refractivity contribution in [1.82, 2.24) is 0 Å². The minimum Gasteiger partial charge on any atom is -0.478 e. The molecule has 40 heavy (non-hydrogen) atoms. The first-order valence-electron chi connectivity index (χ1n) is 13.8. The van der Waals surface area contributed by atoms with Gasteiger partial charge in [0.1, 0.15) is 5.82 Å². The molecule has 0 aliphatic carbocycles. The van der Waals surface area contributed by atoms with Gasteiger partial charge in [0, 0.05) is 16.9 Å². The maximum Gasteiger partial charge on any atom is 0.422 e. The van der Waals surface area contributed by atoms with Crippen molar-refractivity contribution in [3.63, 3.8) is 0 Å². The zero-order valence-corrected chi connectivity index (χ0v) is 22.5. The molecule has 3 aromatic rings. The molecule has 0 unspecified atom stereocenters. The molecule has 0 aromatic heterocycles. The first-order valence-corrected chi connectivity index (χ1v) is 13.8. The van der Waals surface area contributed by atoms with E-state index in [0.717, 1.165) is 24.1 Å². The number of hydrogen-bond donors (Lipinski definition) is 0. The molecule has 0 saturated carbocycles. The lowest BCUT2D eigenvalue weighted by molar-refractivity contribution is -0.206. The monoisotopic (exact) mass is 568 g/mol. The summed E-state index contributed by atoms with van der Waals surface area (Å²) >= 11 is 0. The summed E-state index contributed by atoms with van der Waals surface area (Å²) in [4.78, 5) is 0. The van der Waals surface area contributed by atoms with Crippen LogP contribution in [0.4, 0.5) is 26.3 Å². The maximum atomic E-state index is 15.3. The summed E-state index contributed by atoms with van der Waals surface area (Å²) in [6, 6.07) is 10.5. The predicted molar refractivity (Wildman–Crippen MR) is 141 cm³/mol. The van der Waals surface area contributed by atoms with Crippen LogP contribution in [0, 0.1) is 23.4 Å². The quantitative estimate of drug-likeness (QED) is 0.161. The lowest BCUT2D eigenvalue weighted by Crippen LogP contribution is -2.27.